The van der Waals surface area contributed by atoms with E-state index >= 15 is 0 Å². The molecular weight excluding hydrogens is 156 g/mol. The van der Waals surface area contributed by atoms with Crippen LogP contribution in [0, 0.1) is 11.8 Å². The molecule has 0 aliphatic carbocycles. The minimum absolute atomic E-state index is 0.231. The Morgan fingerprint density at radius 1 is 1.58 bits per heavy atom. The molecule has 3 heteroatoms. The molecule has 0 aliphatic rings. The quantitative estimate of drug-likeness (QED) is 0.435. The van der Waals surface area contributed by atoms with E-state index in [2.05, 4.69) is 6.58 Å². The summed E-state index contributed by atoms with van der Waals surface area (Å²) in [5, 5.41) is 10.5. The van der Waals surface area contributed by atoms with Crippen LogP contribution in [0.3, 0.4) is 0 Å². The zero-order valence-corrected chi connectivity index (χ0v) is 7.37. The van der Waals surface area contributed by atoms with Gasteiger partial charge in [-0.05, 0) is 19.3 Å². The van der Waals surface area contributed by atoms with Crippen molar-refractivity contribution >= 4 is 11.8 Å². The normalized spacial score (nSPS) is 14.8. The Labute approximate surface area is 72.1 Å². The van der Waals surface area contributed by atoms with Crippen molar-refractivity contribution in [3.63, 3.8) is 0 Å². The van der Waals surface area contributed by atoms with E-state index in [0.29, 0.717) is 6.42 Å². The van der Waals surface area contributed by atoms with Crippen LogP contribution in [0.1, 0.15) is 20.3 Å². The van der Waals surface area contributed by atoms with Gasteiger partial charge in [0.15, 0.2) is 0 Å². The minimum Gasteiger partial charge on any atom is -0.549 e. The van der Waals surface area contributed by atoms with Crippen molar-refractivity contribution in [2.75, 3.05) is 0 Å². The summed E-state index contributed by atoms with van der Waals surface area (Å²) >= 11 is 0. The largest absolute Gasteiger partial charge is 0.549 e. The molecule has 0 fully saturated rings. The third kappa shape index (κ3) is 2.86. The van der Waals surface area contributed by atoms with E-state index in [9.17, 15) is 14.7 Å². The second-order valence-electron chi connectivity index (χ2n) is 2.91. The van der Waals surface area contributed by atoms with Crippen molar-refractivity contribution in [3.05, 3.63) is 12.7 Å². The summed E-state index contributed by atoms with van der Waals surface area (Å²) in [5.41, 5.74) is 0. The lowest BCUT2D eigenvalue weighted by molar-refractivity contribution is -0.311. The molecule has 2 atom stereocenters. The molecule has 0 bridgehead atoms. The zero-order valence-electron chi connectivity index (χ0n) is 7.37. The number of carboxylic acids is 1. The van der Waals surface area contributed by atoms with Gasteiger partial charge in [0.25, 0.3) is 0 Å². The van der Waals surface area contributed by atoms with Crippen LogP contribution in [0.2, 0.25) is 0 Å². The first-order chi connectivity index (χ1) is 5.50. The molecule has 68 valence electrons. The minimum atomic E-state index is -1.29. The predicted octanol–water partition coefficient (Wildman–Crippen LogP) is 0.154. The standard InChI is InChI=1S/C9H14O3/c1-4-5-6(2)8(7(3)10)9(11)12/h4,6,8H,1,5H2,2-3H3,(H,11,12)/p-1. The molecule has 0 heterocycles. The lowest BCUT2D eigenvalue weighted by atomic mass is 9.88. The van der Waals surface area contributed by atoms with E-state index in [1.807, 2.05) is 0 Å². The van der Waals surface area contributed by atoms with Gasteiger partial charge in [0, 0.05) is 0 Å². The summed E-state index contributed by atoms with van der Waals surface area (Å²) in [6, 6.07) is 0. The van der Waals surface area contributed by atoms with Crippen LogP contribution in [-0.4, -0.2) is 11.8 Å². The van der Waals surface area contributed by atoms with Crippen LogP contribution in [-0.2, 0) is 9.59 Å². The van der Waals surface area contributed by atoms with Crippen molar-refractivity contribution in [1.29, 1.82) is 0 Å². The highest BCUT2D eigenvalue weighted by Crippen LogP contribution is 2.16. The number of ketones is 1. The summed E-state index contributed by atoms with van der Waals surface area (Å²) in [6.07, 6.45) is 2.11. The second-order valence-corrected chi connectivity index (χ2v) is 2.91. The maximum atomic E-state index is 10.8. The van der Waals surface area contributed by atoms with Crippen molar-refractivity contribution < 1.29 is 14.7 Å². The number of hydrogen-bond acceptors (Lipinski definition) is 3. The monoisotopic (exact) mass is 169 g/mol. The van der Waals surface area contributed by atoms with Gasteiger partial charge in [0.1, 0.15) is 5.78 Å². The van der Waals surface area contributed by atoms with Gasteiger partial charge >= 0.3 is 0 Å². The molecule has 0 aromatic rings. The maximum Gasteiger partial charge on any atom is 0.138 e. The number of aliphatic carboxylic acids is 1. The summed E-state index contributed by atoms with van der Waals surface area (Å²) in [6.45, 7) is 6.44. The molecule has 0 rings (SSSR count). The van der Waals surface area contributed by atoms with Gasteiger partial charge < -0.3 is 9.90 Å². The SMILES string of the molecule is C=CCC(C)C(C(C)=O)C(=O)[O-]. The average Bonchev–Trinajstić information content (AvgIpc) is 1.85. The molecular formula is C9H13O3-. The zero-order chi connectivity index (χ0) is 9.72. The molecule has 2 unspecified atom stereocenters. The maximum absolute atomic E-state index is 10.8. The molecule has 0 aliphatic heterocycles. The number of rotatable bonds is 5. The fourth-order valence-electron chi connectivity index (χ4n) is 1.20. The molecule has 0 saturated heterocycles. The van der Waals surface area contributed by atoms with Gasteiger partial charge in [-0.2, -0.15) is 0 Å². The van der Waals surface area contributed by atoms with Crippen molar-refractivity contribution in [3.8, 4) is 0 Å². The summed E-state index contributed by atoms with van der Waals surface area (Å²) in [5.74, 6) is -2.88. The molecule has 0 aromatic carbocycles. The number of Topliss-reactive ketones (excluding diaryl/α,β-unsaturated/α-hetero) is 1. The van der Waals surface area contributed by atoms with Crippen LogP contribution < -0.4 is 5.11 Å². The molecule has 0 spiro atoms. The number of allylic oxidation sites excluding steroid dienone is 1. The molecule has 0 saturated carbocycles. The predicted molar refractivity (Wildman–Crippen MR) is 43.2 cm³/mol. The van der Waals surface area contributed by atoms with Crippen molar-refractivity contribution in [2.24, 2.45) is 11.8 Å². The van der Waals surface area contributed by atoms with E-state index in [1.165, 1.54) is 6.92 Å². The summed E-state index contributed by atoms with van der Waals surface area (Å²) in [7, 11) is 0. The first-order valence-corrected chi connectivity index (χ1v) is 3.83. The highest BCUT2D eigenvalue weighted by Gasteiger charge is 2.21. The third-order valence-corrected chi connectivity index (χ3v) is 1.80. The fraction of sp³-hybridized carbons (Fsp3) is 0.556. The van der Waals surface area contributed by atoms with Gasteiger partial charge in [0.05, 0.1) is 11.9 Å². The highest BCUT2D eigenvalue weighted by molar-refractivity contribution is 5.96. The Bertz CT molecular complexity index is 182. The van der Waals surface area contributed by atoms with Gasteiger partial charge in [-0.15, -0.1) is 6.58 Å². The smallest absolute Gasteiger partial charge is 0.138 e. The van der Waals surface area contributed by atoms with Gasteiger partial charge in [-0.3, -0.25) is 4.79 Å². The lowest BCUT2D eigenvalue weighted by Gasteiger charge is -2.20. The van der Waals surface area contributed by atoms with Crippen LogP contribution >= 0.6 is 0 Å². The number of carbonyl (C=O) groups is 2. The molecule has 0 N–H and O–H groups in total. The first kappa shape index (κ1) is 10.9. The van der Waals surface area contributed by atoms with Crippen LogP contribution in [0.25, 0.3) is 0 Å². The van der Waals surface area contributed by atoms with Crippen LogP contribution in [0.5, 0.6) is 0 Å². The topological polar surface area (TPSA) is 57.2 Å². The van der Waals surface area contributed by atoms with Crippen molar-refractivity contribution in [1.82, 2.24) is 0 Å². The molecule has 0 amide bonds. The summed E-state index contributed by atoms with van der Waals surface area (Å²) < 4.78 is 0. The number of hydrogen-bond donors (Lipinski definition) is 0. The Morgan fingerprint density at radius 3 is 2.33 bits per heavy atom. The fourth-order valence-corrected chi connectivity index (χ4v) is 1.20. The van der Waals surface area contributed by atoms with E-state index in [1.54, 1.807) is 13.0 Å². The van der Waals surface area contributed by atoms with E-state index in [-0.39, 0.29) is 11.7 Å². The average molecular weight is 169 g/mol. The Hall–Kier alpha value is -1.12. The van der Waals surface area contributed by atoms with Crippen LogP contribution in [0.4, 0.5) is 0 Å². The second kappa shape index (κ2) is 4.70. The first-order valence-electron chi connectivity index (χ1n) is 3.83. The number of carboxylic acid groups (broad SMARTS) is 1. The summed E-state index contributed by atoms with van der Waals surface area (Å²) in [4.78, 5) is 21.3. The molecule has 0 radical (unpaired) electrons. The van der Waals surface area contributed by atoms with E-state index in [4.69, 9.17) is 0 Å². The van der Waals surface area contributed by atoms with E-state index in [0.717, 1.165) is 0 Å². The Balaban J connectivity index is 4.39. The van der Waals surface area contributed by atoms with Gasteiger partial charge in [-0.1, -0.05) is 13.0 Å². The molecule has 12 heavy (non-hydrogen) atoms. The van der Waals surface area contributed by atoms with Gasteiger partial charge in [0.2, 0.25) is 0 Å². The molecule has 0 aromatic heterocycles. The highest BCUT2D eigenvalue weighted by atomic mass is 16.4. The molecule has 3 nitrogen and oxygen atoms in total. The van der Waals surface area contributed by atoms with Crippen LogP contribution in [0.15, 0.2) is 12.7 Å². The third-order valence-electron chi connectivity index (χ3n) is 1.80. The lowest BCUT2D eigenvalue weighted by Crippen LogP contribution is -2.39. The number of carbonyl (C=O) groups excluding carboxylic acids is 2. The van der Waals surface area contributed by atoms with E-state index < -0.39 is 11.9 Å². The van der Waals surface area contributed by atoms with Crippen molar-refractivity contribution in [2.45, 2.75) is 20.3 Å². The Morgan fingerprint density at radius 2 is 2.08 bits per heavy atom. The Kier molecular flexibility index (Phi) is 4.26. The van der Waals surface area contributed by atoms with Gasteiger partial charge in [-0.25, -0.2) is 0 Å².